The third-order valence-electron chi connectivity index (χ3n) is 2.56. The Kier molecular flexibility index (Phi) is 4.56. The van der Waals surface area contributed by atoms with E-state index in [-0.39, 0.29) is 5.82 Å². The lowest BCUT2D eigenvalue weighted by Crippen LogP contribution is -2.08. The summed E-state index contributed by atoms with van der Waals surface area (Å²) in [4.78, 5) is 0. The maximum atomic E-state index is 12.8. The Morgan fingerprint density at radius 1 is 1.05 bits per heavy atom. The van der Waals surface area contributed by atoms with Gasteiger partial charge in [0.2, 0.25) is 0 Å². The van der Waals surface area contributed by atoms with Crippen LogP contribution in [0, 0.1) is 17.1 Å². The molecule has 2 aromatic rings. The van der Waals surface area contributed by atoms with Crippen LogP contribution in [0.2, 0.25) is 0 Å². The second-order valence-corrected chi connectivity index (χ2v) is 5.60. The number of benzene rings is 2. The van der Waals surface area contributed by atoms with E-state index >= 15 is 0 Å². The lowest BCUT2D eigenvalue weighted by Gasteiger charge is -2.14. The Bertz CT molecular complexity index is 620. The van der Waals surface area contributed by atoms with Crippen LogP contribution >= 0.6 is 31.9 Å². The van der Waals surface area contributed by atoms with Gasteiger partial charge in [-0.1, -0.05) is 6.07 Å². The van der Waals surface area contributed by atoms with Crippen LogP contribution in [-0.4, -0.2) is 0 Å². The number of nitriles is 1. The highest BCUT2D eigenvalue weighted by Gasteiger charge is 2.11. The van der Waals surface area contributed by atoms with Crippen molar-refractivity contribution in [3.8, 4) is 6.07 Å². The van der Waals surface area contributed by atoms with E-state index in [2.05, 4.69) is 43.2 Å². The van der Waals surface area contributed by atoms with E-state index in [9.17, 15) is 9.65 Å². The highest BCUT2D eigenvalue weighted by atomic mass is 79.9. The molecule has 19 heavy (non-hydrogen) atoms. The first kappa shape index (κ1) is 14.0. The molecule has 0 aliphatic carbocycles. The number of nitrogens with one attached hydrogen (secondary N) is 1. The van der Waals surface area contributed by atoms with Crippen molar-refractivity contribution in [3.63, 3.8) is 0 Å². The van der Waals surface area contributed by atoms with Crippen LogP contribution in [0.5, 0.6) is 0 Å². The first-order valence-electron chi connectivity index (χ1n) is 5.47. The van der Waals surface area contributed by atoms with Gasteiger partial charge in [-0.25, -0.2) is 4.39 Å². The number of hydrogen-bond donors (Lipinski definition) is 1. The van der Waals surface area contributed by atoms with Crippen LogP contribution in [0.3, 0.4) is 0 Å². The van der Waals surface area contributed by atoms with Crippen LogP contribution < -0.4 is 5.32 Å². The average molecular weight is 384 g/mol. The molecule has 0 spiro atoms. The van der Waals surface area contributed by atoms with Crippen molar-refractivity contribution in [2.45, 2.75) is 6.04 Å². The number of hydrogen-bond acceptors (Lipinski definition) is 2. The molecule has 0 aromatic heterocycles. The smallest absolute Gasteiger partial charge is 0.140 e. The molecule has 0 heterocycles. The van der Waals surface area contributed by atoms with Gasteiger partial charge in [-0.2, -0.15) is 5.26 Å². The second kappa shape index (κ2) is 6.18. The predicted molar refractivity (Wildman–Crippen MR) is 80.2 cm³/mol. The number of anilines is 1. The average Bonchev–Trinajstić information content (AvgIpc) is 2.41. The summed E-state index contributed by atoms with van der Waals surface area (Å²) in [5, 5.41) is 12.3. The topological polar surface area (TPSA) is 35.8 Å². The molecule has 1 N–H and O–H groups in total. The van der Waals surface area contributed by atoms with Gasteiger partial charge in [0.25, 0.3) is 0 Å². The van der Waals surface area contributed by atoms with E-state index in [0.29, 0.717) is 5.69 Å². The Labute approximate surface area is 127 Å². The molecule has 2 nitrogen and oxygen atoms in total. The van der Waals surface area contributed by atoms with Crippen molar-refractivity contribution in [3.05, 3.63) is 62.8 Å². The third-order valence-corrected chi connectivity index (χ3v) is 4.44. The third kappa shape index (κ3) is 3.55. The van der Waals surface area contributed by atoms with Gasteiger partial charge in [-0.05, 0) is 73.8 Å². The van der Waals surface area contributed by atoms with E-state index < -0.39 is 6.04 Å². The molecule has 0 amide bonds. The molecule has 5 heteroatoms. The standard InChI is InChI=1S/C14H9Br2FN2/c15-12-6-1-9(7-13(12)16)14(8-18)19-11-4-2-10(17)3-5-11/h1-7,14,19H. The zero-order valence-electron chi connectivity index (χ0n) is 9.70. The van der Waals surface area contributed by atoms with Crippen molar-refractivity contribution in [2.75, 3.05) is 5.32 Å². The van der Waals surface area contributed by atoms with E-state index in [1.54, 1.807) is 12.1 Å². The fraction of sp³-hybridized carbons (Fsp3) is 0.0714. The number of nitrogens with zero attached hydrogens (tertiary/aromatic N) is 1. The summed E-state index contributed by atoms with van der Waals surface area (Å²) in [6.45, 7) is 0. The lowest BCUT2D eigenvalue weighted by atomic mass is 10.1. The van der Waals surface area contributed by atoms with Crippen LogP contribution in [0.4, 0.5) is 10.1 Å². The van der Waals surface area contributed by atoms with Gasteiger partial charge in [0, 0.05) is 14.6 Å². The predicted octanol–water partition coefficient (Wildman–Crippen LogP) is 5.03. The minimum atomic E-state index is -0.491. The van der Waals surface area contributed by atoms with Crippen molar-refractivity contribution in [1.82, 2.24) is 0 Å². The van der Waals surface area contributed by atoms with Gasteiger partial charge in [0.05, 0.1) is 6.07 Å². The first-order valence-corrected chi connectivity index (χ1v) is 7.05. The molecule has 2 rings (SSSR count). The molecule has 1 atom stereocenters. The zero-order valence-corrected chi connectivity index (χ0v) is 12.9. The quantitative estimate of drug-likeness (QED) is 0.806. The minimum Gasteiger partial charge on any atom is -0.366 e. The van der Waals surface area contributed by atoms with E-state index in [1.165, 1.54) is 12.1 Å². The number of rotatable bonds is 3. The molecule has 2 aromatic carbocycles. The molecular weight excluding hydrogens is 375 g/mol. The SMILES string of the molecule is N#CC(Nc1ccc(F)cc1)c1ccc(Br)c(Br)c1. The molecule has 0 aliphatic heterocycles. The monoisotopic (exact) mass is 382 g/mol. The van der Waals surface area contributed by atoms with Gasteiger partial charge < -0.3 is 5.32 Å². The number of halogens is 3. The minimum absolute atomic E-state index is 0.301. The molecule has 0 fully saturated rings. The highest BCUT2D eigenvalue weighted by molar-refractivity contribution is 9.13. The van der Waals surface area contributed by atoms with Crippen molar-refractivity contribution < 1.29 is 4.39 Å². The highest BCUT2D eigenvalue weighted by Crippen LogP contribution is 2.28. The Balaban J connectivity index is 2.23. The molecule has 0 radical (unpaired) electrons. The summed E-state index contributed by atoms with van der Waals surface area (Å²) < 4.78 is 14.6. The summed E-state index contributed by atoms with van der Waals surface area (Å²) in [6, 6.07) is 13.2. The fourth-order valence-corrected chi connectivity index (χ4v) is 2.24. The maximum Gasteiger partial charge on any atom is 0.140 e. The fourth-order valence-electron chi connectivity index (χ4n) is 1.59. The molecule has 0 bridgehead atoms. The van der Waals surface area contributed by atoms with Gasteiger partial charge in [-0.3, -0.25) is 0 Å². The normalized spacial score (nSPS) is 11.7. The molecule has 1 unspecified atom stereocenters. The Morgan fingerprint density at radius 3 is 2.32 bits per heavy atom. The molecule has 0 saturated heterocycles. The summed E-state index contributed by atoms with van der Waals surface area (Å²) in [6.07, 6.45) is 0. The lowest BCUT2D eigenvalue weighted by molar-refractivity contribution is 0.628. The summed E-state index contributed by atoms with van der Waals surface area (Å²) in [7, 11) is 0. The summed E-state index contributed by atoms with van der Waals surface area (Å²) >= 11 is 6.79. The Hall–Kier alpha value is -1.38. The van der Waals surface area contributed by atoms with Gasteiger partial charge in [-0.15, -0.1) is 0 Å². The molecule has 0 aliphatic rings. The van der Waals surface area contributed by atoms with Crippen molar-refractivity contribution in [1.29, 1.82) is 5.26 Å². The van der Waals surface area contributed by atoms with Crippen molar-refractivity contribution in [2.24, 2.45) is 0 Å². The first-order chi connectivity index (χ1) is 9.10. The second-order valence-electron chi connectivity index (χ2n) is 3.89. The zero-order chi connectivity index (χ0) is 13.8. The molecule has 0 saturated carbocycles. The van der Waals surface area contributed by atoms with Crippen LogP contribution in [0.25, 0.3) is 0 Å². The van der Waals surface area contributed by atoms with Crippen LogP contribution in [0.15, 0.2) is 51.4 Å². The van der Waals surface area contributed by atoms with Gasteiger partial charge >= 0.3 is 0 Å². The van der Waals surface area contributed by atoms with Crippen molar-refractivity contribution >= 4 is 37.5 Å². The Morgan fingerprint density at radius 2 is 1.74 bits per heavy atom. The van der Waals surface area contributed by atoms with E-state index in [4.69, 9.17) is 0 Å². The van der Waals surface area contributed by atoms with E-state index in [1.807, 2.05) is 18.2 Å². The summed E-state index contributed by atoms with van der Waals surface area (Å²) in [5.74, 6) is -0.301. The van der Waals surface area contributed by atoms with Gasteiger partial charge in [0.15, 0.2) is 0 Å². The van der Waals surface area contributed by atoms with Crippen LogP contribution in [-0.2, 0) is 0 Å². The van der Waals surface area contributed by atoms with E-state index in [0.717, 1.165) is 14.5 Å². The molecule has 96 valence electrons. The van der Waals surface area contributed by atoms with Gasteiger partial charge in [0.1, 0.15) is 11.9 Å². The maximum absolute atomic E-state index is 12.8. The summed E-state index contributed by atoms with van der Waals surface area (Å²) in [5.41, 5.74) is 1.54. The molecular formula is C14H9Br2FN2. The van der Waals surface area contributed by atoms with Crippen LogP contribution in [0.1, 0.15) is 11.6 Å². The largest absolute Gasteiger partial charge is 0.366 e.